The maximum absolute atomic E-state index is 11.8. The highest BCUT2D eigenvalue weighted by atomic mass is 32.2. The molecular weight excluding hydrogens is 266 g/mol. The number of carboxylic acid groups (broad SMARTS) is 1. The number of aliphatic carboxylic acids is 1. The van der Waals surface area contributed by atoms with Crippen molar-refractivity contribution in [1.82, 2.24) is 14.9 Å². The number of nitrogens with one attached hydrogen (secondary N) is 1. The minimum Gasteiger partial charge on any atom is -0.481 e. The highest BCUT2D eigenvalue weighted by molar-refractivity contribution is 7.99. The van der Waals surface area contributed by atoms with E-state index in [0.29, 0.717) is 17.6 Å². The predicted octanol–water partition coefficient (Wildman–Crippen LogP) is 1.14. The Bertz CT molecular complexity index is 457. The molecule has 0 spiro atoms. The van der Waals surface area contributed by atoms with Gasteiger partial charge in [-0.15, -0.1) is 0 Å². The number of carboxylic acids is 1. The second-order valence-electron chi connectivity index (χ2n) is 4.65. The number of thioether (sulfide) groups is 1. The third-order valence-corrected chi connectivity index (χ3v) is 3.33. The number of hydrogen-bond acceptors (Lipinski definition) is 4. The Morgan fingerprint density at radius 3 is 2.79 bits per heavy atom. The van der Waals surface area contributed by atoms with E-state index < -0.39 is 5.97 Å². The minimum atomic E-state index is -0.901. The van der Waals surface area contributed by atoms with Gasteiger partial charge < -0.3 is 15.0 Å². The summed E-state index contributed by atoms with van der Waals surface area (Å²) in [6.07, 6.45) is 1.64. The number of aryl methyl sites for hydroxylation is 1. The molecule has 0 aliphatic heterocycles. The van der Waals surface area contributed by atoms with Crippen LogP contribution in [0.25, 0.3) is 0 Å². The van der Waals surface area contributed by atoms with Gasteiger partial charge in [-0.3, -0.25) is 9.59 Å². The van der Waals surface area contributed by atoms with Gasteiger partial charge in [-0.25, -0.2) is 4.98 Å². The third-order valence-electron chi connectivity index (χ3n) is 2.35. The molecule has 0 radical (unpaired) electrons. The van der Waals surface area contributed by atoms with Gasteiger partial charge in [0, 0.05) is 18.4 Å². The van der Waals surface area contributed by atoms with Crippen molar-refractivity contribution in [2.24, 2.45) is 5.92 Å². The first-order valence-electron chi connectivity index (χ1n) is 6.03. The molecule has 1 rings (SSSR count). The zero-order chi connectivity index (χ0) is 14.4. The first-order valence-corrected chi connectivity index (χ1v) is 7.02. The first-order chi connectivity index (χ1) is 8.90. The predicted molar refractivity (Wildman–Crippen MR) is 73.2 cm³/mol. The fourth-order valence-corrected chi connectivity index (χ4v) is 2.13. The van der Waals surface area contributed by atoms with E-state index >= 15 is 0 Å². The number of carbonyl (C=O) groups excluding carboxylic acids is 1. The summed E-state index contributed by atoms with van der Waals surface area (Å²) < 4.78 is 1.73. The Morgan fingerprint density at radius 1 is 1.53 bits per heavy atom. The van der Waals surface area contributed by atoms with Gasteiger partial charge in [0.05, 0.1) is 5.75 Å². The maximum Gasteiger partial charge on any atom is 0.313 e. The van der Waals surface area contributed by atoms with Crippen molar-refractivity contribution in [3.8, 4) is 0 Å². The Kier molecular flexibility index (Phi) is 5.88. The Labute approximate surface area is 116 Å². The molecule has 0 saturated carbocycles. The first kappa shape index (κ1) is 15.6. The summed E-state index contributed by atoms with van der Waals surface area (Å²) in [4.78, 5) is 26.4. The second-order valence-corrected chi connectivity index (χ2v) is 5.59. The average Bonchev–Trinajstić information content (AvgIpc) is 2.66. The Balaban J connectivity index is 2.63. The molecule has 0 unspecified atom stereocenters. The summed E-state index contributed by atoms with van der Waals surface area (Å²) in [6, 6.07) is 0. The van der Waals surface area contributed by atoms with E-state index in [9.17, 15) is 9.59 Å². The van der Waals surface area contributed by atoms with E-state index in [1.807, 2.05) is 20.8 Å². The van der Waals surface area contributed by atoms with Gasteiger partial charge in [0.2, 0.25) is 5.91 Å². The molecule has 1 aromatic heterocycles. The Morgan fingerprint density at radius 2 is 2.21 bits per heavy atom. The summed E-state index contributed by atoms with van der Waals surface area (Å²) in [6.45, 7) is 6.69. The highest BCUT2D eigenvalue weighted by Crippen LogP contribution is 2.17. The monoisotopic (exact) mass is 285 g/mol. The van der Waals surface area contributed by atoms with Crippen molar-refractivity contribution in [2.75, 3.05) is 12.3 Å². The lowest BCUT2D eigenvalue weighted by molar-refractivity contribution is -0.133. The largest absolute Gasteiger partial charge is 0.481 e. The van der Waals surface area contributed by atoms with E-state index in [0.717, 1.165) is 17.5 Å². The lowest BCUT2D eigenvalue weighted by Gasteiger charge is -2.11. The Hall–Kier alpha value is -1.50. The molecule has 0 saturated heterocycles. The summed E-state index contributed by atoms with van der Waals surface area (Å²) in [5.41, 5.74) is 0.840. The summed E-state index contributed by atoms with van der Waals surface area (Å²) in [5, 5.41) is 12.0. The van der Waals surface area contributed by atoms with Gasteiger partial charge in [-0.05, 0) is 12.8 Å². The number of carbonyl (C=O) groups is 2. The quantitative estimate of drug-likeness (QED) is 0.734. The van der Waals surface area contributed by atoms with Crippen molar-refractivity contribution < 1.29 is 14.7 Å². The summed E-state index contributed by atoms with van der Waals surface area (Å²) in [7, 11) is 0. The van der Waals surface area contributed by atoms with Crippen molar-refractivity contribution in [3.05, 3.63) is 11.9 Å². The maximum atomic E-state index is 11.8. The zero-order valence-corrected chi connectivity index (χ0v) is 12.2. The van der Waals surface area contributed by atoms with Crippen molar-refractivity contribution >= 4 is 23.6 Å². The van der Waals surface area contributed by atoms with Gasteiger partial charge >= 0.3 is 5.97 Å². The van der Waals surface area contributed by atoms with E-state index in [4.69, 9.17) is 5.11 Å². The molecular formula is C12H19N3O3S. The summed E-state index contributed by atoms with van der Waals surface area (Å²) in [5.74, 6) is -0.661. The molecule has 0 aliphatic carbocycles. The van der Waals surface area contributed by atoms with Crippen molar-refractivity contribution in [1.29, 1.82) is 0 Å². The fourth-order valence-electron chi connectivity index (χ4n) is 1.39. The molecule has 6 nitrogen and oxygen atoms in total. The topological polar surface area (TPSA) is 84.2 Å². The van der Waals surface area contributed by atoms with E-state index in [1.54, 1.807) is 10.8 Å². The molecule has 1 heterocycles. The lowest BCUT2D eigenvalue weighted by atomic mass is 10.2. The molecule has 0 atom stereocenters. The molecule has 19 heavy (non-hydrogen) atoms. The van der Waals surface area contributed by atoms with Crippen LogP contribution in [0.4, 0.5) is 0 Å². The second kappa shape index (κ2) is 7.18. The van der Waals surface area contributed by atoms with Crippen LogP contribution in [-0.2, 0) is 16.1 Å². The van der Waals surface area contributed by atoms with Crippen LogP contribution in [0.3, 0.4) is 0 Å². The highest BCUT2D eigenvalue weighted by Gasteiger charge is 2.12. The molecule has 0 aromatic carbocycles. The number of aromatic nitrogens is 2. The van der Waals surface area contributed by atoms with E-state index in [2.05, 4.69) is 10.3 Å². The molecule has 1 amide bonds. The number of amides is 1. The van der Waals surface area contributed by atoms with Gasteiger partial charge in [-0.1, -0.05) is 25.6 Å². The molecule has 1 aromatic rings. The van der Waals surface area contributed by atoms with Crippen LogP contribution >= 0.6 is 11.8 Å². The molecule has 0 aliphatic rings. The van der Waals surface area contributed by atoms with Gasteiger partial charge in [-0.2, -0.15) is 0 Å². The number of rotatable bonds is 7. The molecule has 106 valence electrons. The van der Waals surface area contributed by atoms with E-state index in [-0.39, 0.29) is 18.2 Å². The van der Waals surface area contributed by atoms with Crippen molar-refractivity contribution in [2.45, 2.75) is 32.5 Å². The smallest absolute Gasteiger partial charge is 0.313 e. The van der Waals surface area contributed by atoms with Crippen LogP contribution in [0, 0.1) is 12.8 Å². The number of imidazole rings is 1. The van der Waals surface area contributed by atoms with Crippen LogP contribution in [0.2, 0.25) is 0 Å². The SMILES string of the molecule is Cc1cnc(SCC(=O)O)n1CC(=O)NCC(C)C. The van der Waals surface area contributed by atoms with Gasteiger partial charge in [0.1, 0.15) is 6.54 Å². The van der Waals surface area contributed by atoms with Crippen molar-refractivity contribution in [3.63, 3.8) is 0 Å². The van der Waals surface area contributed by atoms with Crippen LogP contribution in [-0.4, -0.2) is 38.8 Å². The standard InChI is InChI=1S/C12H19N3O3S/c1-8(2)4-13-10(16)6-15-9(3)5-14-12(15)19-7-11(17)18/h5,8H,4,6-7H2,1-3H3,(H,13,16)(H,17,18). The van der Waals surface area contributed by atoms with E-state index in [1.165, 1.54) is 0 Å². The zero-order valence-electron chi connectivity index (χ0n) is 11.3. The van der Waals surface area contributed by atoms with Gasteiger partial charge in [0.25, 0.3) is 0 Å². The molecule has 0 fully saturated rings. The van der Waals surface area contributed by atoms with Crippen LogP contribution in [0.1, 0.15) is 19.5 Å². The fraction of sp³-hybridized carbons (Fsp3) is 0.583. The number of nitrogens with zero attached hydrogens (tertiary/aromatic N) is 2. The average molecular weight is 285 g/mol. The number of hydrogen-bond donors (Lipinski definition) is 2. The minimum absolute atomic E-state index is 0.0654. The third kappa shape index (κ3) is 5.34. The normalized spacial score (nSPS) is 10.7. The lowest BCUT2D eigenvalue weighted by Crippen LogP contribution is -2.31. The molecule has 2 N–H and O–H groups in total. The summed E-state index contributed by atoms with van der Waals surface area (Å²) >= 11 is 1.11. The van der Waals surface area contributed by atoms with Crippen LogP contribution in [0.15, 0.2) is 11.4 Å². The van der Waals surface area contributed by atoms with Crippen LogP contribution < -0.4 is 5.32 Å². The molecule has 7 heteroatoms. The van der Waals surface area contributed by atoms with Gasteiger partial charge in [0.15, 0.2) is 5.16 Å². The molecule has 0 bridgehead atoms. The van der Waals surface area contributed by atoms with Crippen LogP contribution in [0.5, 0.6) is 0 Å².